The molecule has 0 aromatic carbocycles. The van der Waals surface area contributed by atoms with E-state index in [0.29, 0.717) is 32.7 Å². The van der Waals surface area contributed by atoms with Crippen molar-refractivity contribution in [1.82, 2.24) is 0 Å². The van der Waals surface area contributed by atoms with Gasteiger partial charge in [-0.15, -0.1) is 4.52 Å². The number of hydrogen-bond acceptors (Lipinski definition) is 5. The monoisotopic (exact) mass is 262 g/mol. The predicted octanol–water partition coefficient (Wildman–Crippen LogP) is 2.84. The molecule has 98 valence electrons. The molecule has 0 amide bonds. The molecule has 0 fully saturated rings. The van der Waals surface area contributed by atoms with Crippen LogP contribution in [0.1, 0.15) is 33.6 Å². The summed E-state index contributed by atoms with van der Waals surface area (Å²) in [5, 5.41) is 8.60. The van der Waals surface area contributed by atoms with Gasteiger partial charge in [-0.1, -0.05) is 0 Å². The Bertz CT molecular complexity index is 248. The zero-order valence-corrected chi connectivity index (χ0v) is 11.6. The summed E-state index contributed by atoms with van der Waals surface area (Å²) >= 11 is 0. The standard InChI is InChI=1S/C11H21NO4P/c1-4-14-11(15-5-2)10(8-7-9-12)17(13)16-6-3/h10-11H,4-8H2,1-3H3/q+1. The van der Waals surface area contributed by atoms with Crippen LogP contribution in [0.2, 0.25) is 0 Å². The minimum atomic E-state index is -1.87. The molecule has 0 aromatic heterocycles. The summed E-state index contributed by atoms with van der Waals surface area (Å²) in [5.41, 5.74) is -0.385. The van der Waals surface area contributed by atoms with Crippen molar-refractivity contribution in [2.24, 2.45) is 0 Å². The number of nitriles is 1. The Morgan fingerprint density at radius 3 is 2.18 bits per heavy atom. The quantitative estimate of drug-likeness (QED) is 0.447. The van der Waals surface area contributed by atoms with Crippen molar-refractivity contribution in [3.63, 3.8) is 0 Å². The van der Waals surface area contributed by atoms with Gasteiger partial charge >= 0.3 is 8.03 Å². The molecule has 0 rings (SSSR count). The third kappa shape index (κ3) is 6.70. The maximum atomic E-state index is 11.9. The Labute approximate surface area is 104 Å². The third-order valence-electron chi connectivity index (χ3n) is 2.06. The van der Waals surface area contributed by atoms with Crippen LogP contribution in [0.4, 0.5) is 0 Å². The van der Waals surface area contributed by atoms with E-state index in [1.54, 1.807) is 6.92 Å². The summed E-state index contributed by atoms with van der Waals surface area (Å²) in [7, 11) is -1.87. The first kappa shape index (κ1) is 16.5. The second-order valence-corrected chi connectivity index (χ2v) is 4.74. The fraction of sp³-hybridized carbons (Fsp3) is 0.909. The second-order valence-electron chi connectivity index (χ2n) is 3.25. The highest BCUT2D eigenvalue weighted by molar-refractivity contribution is 7.40. The molecule has 0 aliphatic carbocycles. The predicted molar refractivity (Wildman–Crippen MR) is 64.9 cm³/mol. The third-order valence-corrected chi connectivity index (χ3v) is 3.61. The van der Waals surface area contributed by atoms with Crippen LogP contribution in [0.25, 0.3) is 0 Å². The summed E-state index contributed by atoms with van der Waals surface area (Å²) in [4.78, 5) is 0. The smallest absolute Gasteiger partial charge is 0.349 e. The molecule has 5 nitrogen and oxygen atoms in total. The molecule has 6 heteroatoms. The van der Waals surface area contributed by atoms with Gasteiger partial charge in [0.15, 0.2) is 0 Å². The van der Waals surface area contributed by atoms with Gasteiger partial charge < -0.3 is 9.47 Å². The van der Waals surface area contributed by atoms with Gasteiger partial charge in [-0.25, -0.2) is 0 Å². The van der Waals surface area contributed by atoms with Gasteiger partial charge in [0.25, 0.3) is 0 Å². The van der Waals surface area contributed by atoms with E-state index in [1.807, 2.05) is 19.9 Å². The van der Waals surface area contributed by atoms with Crippen LogP contribution in [-0.2, 0) is 18.6 Å². The van der Waals surface area contributed by atoms with Gasteiger partial charge in [0.2, 0.25) is 11.9 Å². The van der Waals surface area contributed by atoms with E-state index >= 15 is 0 Å². The Morgan fingerprint density at radius 2 is 1.76 bits per heavy atom. The Balaban J connectivity index is 4.58. The zero-order chi connectivity index (χ0) is 13.1. The first-order valence-electron chi connectivity index (χ1n) is 5.90. The summed E-state index contributed by atoms with van der Waals surface area (Å²) in [6.07, 6.45) is 0.208. The van der Waals surface area contributed by atoms with E-state index in [1.165, 1.54) is 0 Å². The first-order valence-corrected chi connectivity index (χ1v) is 7.15. The van der Waals surface area contributed by atoms with Crippen molar-refractivity contribution in [3.8, 4) is 6.07 Å². The minimum Gasteiger partial charge on any atom is -0.349 e. The van der Waals surface area contributed by atoms with Crippen LogP contribution < -0.4 is 0 Å². The highest BCUT2D eigenvalue weighted by Gasteiger charge is 2.40. The number of rotatable bonds is 10. The van der Waals surface area contributed by atoms with E-state index in [0.717, 1.165) is 0 Å². The van der Waals surface area contributed by atoms with E-state index in [4.69, 9.17) is 19.3 Å². The molecule has 0 aromatic rings. The Kier molecular flexibility index (Phi) is 10.3. The number of ether oxygens (including phenoxy) is 2. The van der Waals surface area contributed by atoms with Crippen LogP contribution in [0.3, 0.4) is 0 Å². The lowest BCUT2D eigenvalue weighted by Gasteiger charge is -2.18. The largest absolute Gasteiger partial charge is 0.516 e. The van der Waals surface area contributed by atoms with Crippen molar-refractivity contribution in [3.05, 3.63) is 0 Å². The molecular weight excluding hydrogens is 241 g/mol. The van der Waals surface area contributed by atoms with Crippen molar-refractivity contribution in [1.29, 1.82) is 5.26 Å². The molecule has 0 heterocycles. The molecule has 0 saturated heterocycles. The molecule has 0 aliphatic heterocycles. The SMILES string of the molecule is CCOC(OCC)C(CCC#N)[P+](=O)OCC. The van der Waals surface area contributed by atoms with Crippen LogP contribution >= 0.6 is 8.03 Å². The zero-order valence-electron chi connectivity index (χ0n) is 10.7. The van der Waals surface area contributed by atoms with Crippen molar-refractivity contribution >= 4 is 8.03 Å². The lowest BCUT2D eigenvalue weighted by Crippen LogP contribution is -2.30. The van der Waals surface area contributed by atoms with Crippen LogP contribution in [0.5, 0.6) is 0 Å². The van der Waals surface area contributed by atoms with Crippen LogP contribution in [-0.4, -0.2) is 31.8 Å². The first-order chi connectivity index (χ1) is 8.21. The molecule has 17 heavy (non-hydrogen) atoms. The molecular formula is C11H21NO4P+. The van der Waals surface area contributed by atoms with Gasteiger partial charge in [0, 0.05) is 26.1 Å². The maximum absolute atomic E-state index is 11.9. The lowest BCUT2D eigenvalue weighted by atomic mass is 10.2. The van der Waals surface area contributed by atoms with E-state index in [-0.39, 0.29) is 5.66 Å². The lowest BCUT2D eigenvalue weighted by molar-refractivity contribution is -0.138. The molecule has 0 N–H and O–H groups in total. The van der Waals surface area contributed by atoms with Crippen LogP contribution in [0.15, 0.2) is 0 Å². The van der Waals surface area contributed by atoms with Gasteiger partial charge in [-0.05, 0) is 25.3 Å². The average molecular weight is 262 g/mol. The highest BCUT2D eigenvalue weighted by atomic mass is 31.1. The van der Waals surface area contributed by atoms with E-state index in [2.05, 4.69) is 0 Å². The van der Waals surface area contributed by atoms with Gasteiger partial charge in [0.1, 0.15) is 0 Å². The topological polar surface area (TPSA) is 68.5 Å². The maximum Gasteiger partial charge on any atom is 0.516 e. The van der Waals surface area contributed by atoms with E-state index < -0.39 is 14.3 Å². The fourth-order valence-electron chi connectivity index (χ4n) is 1.38. The molecule has 0 spiro atoms. The molecule has 0 radical (unpaired) electrons. The summed E-state index contributed by atoms with van der Waals surface area (Å²) < 4.78 is 27.8. The molecule has 2 unspecified atom stereocenters. The fourth-order valence-corrected chi connectivity index (χ4v) is 2.53. The second kappa shape index (κ2) is 10.6. The average Bonchev–Trinajstić information content (AvgIpc) is 2.30. The summed E-state index contributed by atoms with van der Waals surface area (Å²) in [5.74, 6) is 0. The van der Waals surface area contributed by atoms with E-state index in [9.17, 15) is 4.57 Å². The normalized spacial score (nSPS) is 13.5. The van der Waals surface area contributed by atoms with Gasteiger partial charge in [-0.3, -0.25) is 0 Å². The number of nitrogens with zero attached hydrogens (tertiary/aromatic N) is 1. The Hall–Kier alpha value is -0.530. The molecule has 0 saturated carbocycles. The summed E-state index contributed by atoms with van der Waals surface area (Å²) in [6.45, 7) is 6.81. The molecule has 0 bridgehead atoms. The molecule has 0 aliphatic rings. The van der Waals surface area contributed by atoms with Crippen molar-refractivity contribution in [2.75, 3.05) is 19.8 Å². The number of hydrogen-bond donors (Lipinski definition) is 0. The van der Waals surface area contributed by atoms with Crippen LogP contribution in [0, 0.1) is 11.3 Å². The molecule has 2 atom stereocenters. The van der Waals surface area contributed by atoms with Crippen molar-refractivity contribution in [2.45, 2.75) is 45.6 Å². The minimum absolute atomic E-state index is 0.315. The summed E-state index contributed by atoms with van der Waals surface area (Å²) in [6, 6.07) is 2.04. The Morgan fingerprint density at radius 1 is 1.18 bits per heavy atom. The van der Waals surface area contributed by atoms with Crippen molar-refractivity contribution < 1.29 is 18.6 Å². The highest BCUT2D eigenvalue weighted by Crippen LogP contribution is 2.36. The van der Waals surface area contributed by atoms with Gasteiger partial charge in [0.05, 0.1) is 12.7 Å². The van der Waals surface area contributed by atoms with Gasteiger partial charge in [-0.2, -0.15) is 5.26 Å².